The topological polar surface area (TPSA) is 12.0 Å². The highest BCUT2D eigenvalue weighted by Gasteiger charge is 2.15. The molecule has 0 aromatic heterocycles. The van der Waals surface area contributed by atoms with E-state index >= 15 is 0 Å². The van der Waals surface area contributed by atoms with Crippen LogP contribution in [-0.2, 0) is 0 Å². The predicted molar refractivity (Wildman–Crippen MR) is 63.4 cm³/mol. The molecule has 0 amide bonds. The van der Waals surface area contributed by atoms with Crippen LogP contribution in [0, 0.1) is 6.92 Å². The van der Waals surface area contributed by atoms with Crippen LogP contribution in [0.4, 0.5) is 0 Å². The van der Waals surface area contributed by atoms with Crippen LogP contribution >= 0.6 is 24.0 Å². The molecule has 1 fully saturated rings. The Morgan fingerprint density at radius 2 is 2.21 bits per heavy atom. The number of aryl methyl sites for hydroxylation is 1. The summed E-state index contributed by atoms with van der Waals surface area (Å²) in [5, 5.41) is 4.34. The van der Waals surface area contributed by atoms with E-state index in [0.717, 1.165) is 11.6 Å². The van der Waals surface area contributed by atoms with Crippen molar-refractivity contribution in [1.82, 2.24) is 5.32 Å². The van der Waals surface area contributed by atoms with E-state index in [1.807, 2.05) is 6.07 Å². The average molecular weight is 232 g/mol. The van der Waals surface area contributed by atoms with Gasteiger partial charge in [0.05, 0.1) is 0 Å². The molecule has 1 heterocycles. The minimum Gasteiger partial charge on any atom is -0.310 e. The number of rotatable bonds is 1. The summed E-state index contributed by atoms with van der Waals surface area (Å²) in [5.74, 6) is 0. The Morgan fingerprint density at radius 1 is 1.43 bits per heavy atom. The largest absolute Gasteiger partial charge is 0.310 e. The number of nitrogens with one attached hydrogen (secondary N) is 1. The van der Waals surface area contributed by atoms with Crippen molar-refractivity contribution in [2.24, 2.45) is 0 Å². The lowest BCUT2D eigenvalue weighted by molar-refractivity contribution is 0.647. The predicted octanol–water partition coefficient (Wildman–Crippen LogP) is 3.49. The Morgan fingerprint density at radius 3 is 2.79 bits per heavy atom. The summed E-state index contributed by atoms with van der Waals surface area (Å²) in [5.41, 5.74) is 2.55. The van der Waals surface area contributed by atoms with Gasteiger partial charge in [0.25, 0.3) is 0 Å². The van der Waals surface area contributed by atoms with Gasteiger partial charge in [0.2, 0.25) is 0 Å². The summed E-state index contributed by atoms with van der Waals surface area (Å²) in [4.78, 5) is 0. The highest BCUT2D eigenvalue weighted by atomic mass is 35.5. The Bertz CT molecular complexity index is 306. The van der Waals surface area contributed by atoms with Crippen LogP contribution in [0.3, 0.4) is 0 Å². The standard InChI is InChI=1S/C11H14ClN.ClH/c1-8-7-9(4-5-10(8)12)11-3-2-6-13-11;/h4-5,7,11,13H,2-3,6H2,1H3;1H/t11-;/m0./s1. The first-order valence-electron chi connectivity index (χ1n) is 4.77. The molecule has 0 saturated carbocycles. The van der Waals surface area contributed by atoms with Gasteiger partial charge in [-0.15, -0.1) is 12.4 Å². The van der Waals surface area contributed by atoms with Crippen molar-refractivity contribution in [2.75, 3.05) is 6.54 Å². The Balaban J connectivity index is 0.000000980. The molecule has 0 radical (unpaired) electrons. The van der Waals surface area contributed by atoms with Gasteiger partial charge in [-0.3, -0.25) is 0 Å². The zero-order valence-electron chi connectivity index (χ0n) is 8.22. The van der Waals surface area contributed by atoms with E-state index in [1.54, 1.807) is 0 Å². The first-order chi connectivity index (χ1) is 6.27. The minimum atomic E-state index is 0. The summed E-state index contributed by atoms with van der Waals surface area (Å²) in [6, 6.07) is 6.85. The first-order valence-corrected chi connectivity index (χ1v) is 5.14. The van der Waals surface area contributed by atoms with Gasteiger partial charge < -0.3 is 5.32 Å². The summed E-state index contributed by atoms with van der Waals surface area (Å²) < 4.78 is 0. The van der Waals surface area contributed by atoms with Crippen molar-refractivity contribution in [1.29, 1.82) is 0 Å². The number of halogens is 2. The third-order valence-corrected chi connectivity index (χ3v) is 3.07. The highest BCUT2D eigenvalue weighted by molar-refractivity contribution is 6.31. The van der Waals surface area contributed by atoms with Gasteiger partial charge in [-0.1, -0.05) is 23.7 Å². The minimum absolute atomic E-state index is 0. The average Bonchev–Trinajstić information content (AvgIpc) is 2.62. The lowest BCUT2D eigenvalue weighted by Crippen LogP contribution is -2.12. The van der Waals surface area contributed by atoms with Gasteiger partial charge in [-0.05, 0) is 43.5 Å². The fourth-order valence-electron chi connectivity index (χ4n) is 1.85. The van der Waals surface area contributed by atoms with Crippen LogP contribution in [-0.4, -0.2) is 6.54 Å². The van der Waals surface area contributed by atoms with Crippen molar-refractivity contribution >= 4 is 24.0 Å². The highest BCUT2D eigenvalue weighted by Crippen LogP contribution is 2.26. The molecule has 0 unspecified atom stereocenters. The molecule has 1 aromatic rings. The van der Waals surface area contributed by atoms with Crippen LogP contribution < -0.4 is 5.32 Å². The monoisotopic (exact) mass is 231 g/mol. The molecule has 2 rings (SSSR count). The summed E-state index contributed by atoms with van der Waals surface area (Å²) >= 11 is 5.97. The van der Waals surface area contributed by atoms with Gasteiger partial charge in [-0.25, -0.2) is 0 Å². The van der Waals surface area contributed by atoms with Gasteiger partial charge in [-0.2, -0.15) is 0 Å². The van der Waals surface area contributed by atoms with Crippen molar-refractivity contribution in [3.05, 3.63) is 34.3 Å². The van der Waals surface area contributed by atoms with Crippen molar-refractivity contribution in [3.8, 4) is 0 Å². The normalized spacial score (nSPS) is 20.6. The van der Waals surface area contributed by atoms with Crippen molar-refractivity contribution < 1.29 is 0 Å². The third kappa shape index (κ3) is 2.41. The number of hydrogen-bond donors (Lipinski definition) is 1. The number of benzene rings is 1. The molecule has 1 atom stereocenters. The zero-order chi connectivity index (χ0) is 9.26. The SMILES string of the molecule is Cc1cc([C@@H]2CCCN2)ccc1Cl.Cl. The van der Waals surface area contributed by atoms with E-state index in [4.69, 9.17) is 11.6 Å². The molecule has 1 aliphatic rings. The molecule has 3 heteroatoms. The van der Waals surface area contributed by atoms with E-state index in [-0.39, 0.29) is 12.4 Å². The van der Waals surface area contributed by atoms with E-state index in [2.05, 4.69) is 24.4 Å². The maximum absolute atomic E-state index is 5.97. The zero-order valence-corrected chi connectivity index (χ0v) is 9.79. The molecule has 1 N–H and O–H groups in total. The molecule has 0 spiro atoms. The summed E-state index contributed by atoms with van der Waals surface area (Å²) in [6.07, 6.45) is 2.54. The third-order valence-electron chi connectivity index (χ3n) is 2.64. The van der Waals surface area contributed by atoms with Crippen LogP contribution in [0.25, 0.3) is 0 Å². The second-order valence-electron chi connectivity index (χ2n) is 3.66. The molecule has 1 nitrogen and oxygen atoms in total. The van der Waals surface area contributed by atoms with E-state index < -0.39 is 0 Å². The van der Waals surface area contributed by atoms with Crippen LogP contribution in [0.5, 0.6) is 0 Å². The van der Waals surface area contributed by atoms with E-state index in [1.165, 1.54) is 24.0 Å². The molecule has 1 aliphatic heterocycles. The second-order valence-corrected chi connectivity index (χ2v) is 4.06. The maximum atomic E-state index is 5.97. The maximum Gasteiger partial charge on any atom is 0.0435 e. The molecule has 1 saturated heterocycles. The Kier molecular flexibility index (Phi) is 4.24. The Hall–Kier alpha value is -0.240. The smallest absolute Gasteiger partial charge is 0.0435 e. The van der Waals surface area contributed by atoms with Gasteiger partial charge in [0.15, 0.2) is 0 Å². The van der Waals surface area contributed by atoms with Gasteiger partial charge in [0.1, 0.15) is 0 Å². The summed E-state index contributed by atoms with van der Waals surface area (Å²) in [6.45, 7) is 3.20. The molecular formula is C11H15Cl2N. The lowest BCUT2D eigenvalue weighted by Gasteiger charge is -2.11. The molecule has 78 valence electrons. The second kappa shape index (κ2) is 5.01. The molecule has 0 aliphatic carbocycles. The van der Waals surface area contributed by atoms with Crippen molar-refractivity contribution in [3.63, 3.8) is 0 Å². The van der Waals surface area contributed by atoms with Crippen LogP contribution in [0.2, 0.25) is 5.02 Å². The Labute approximate surface area is 96.3 Å². The van der Waals surface area contributed by atoms with Crippen LogP contribution in [0.15, 0.2) is 18.2 Å². The summed E-state index contributed by atoms with van der Waals surface area (Å²) in [7, 11) is 0. The quantitative estimate of drug-likeness (QED) is 0.781. The van der Waals surface area contributed by atoms with Crippen LogP contribution in [0.1, 0.15) is 30.0 Å². The van der Waals surface area contributed by atoms with Gasteiger partial charge in [0, 0.05) is 11.1 Å². The molecule has 0 bridgehead atoms. The lowest BCUT2D eigenvalue weighted by atomic mass is 10.0. The fraction of sp³-hybridized carbons (Fsp3) is 0.455. The number of hydrogen-bond acceptors (Lipinski definition) is 1. The fourth-order valence-corrected chi connectivity index (χ4v) is 1.97. The first kappa shape index (κ1) is 11.8. The van der Waals surface area contributed by atoms with E-state index in [9.17, 15) is 0 Å². The molecule has 14 heavy (non-hydrogen) atoms. The van der Waals surface area contributed by atoms with E-state index in [0.29, 0.717) is 6.04 Å². The van der Waals surface area contributed by atoms with Crippen molar-refractivity contribution in [2.45, 2.75) is 25.8 Å². The molecular weight excluding hydrogens is 217 g/mol. The molecule has 1 aromatic carbocycles. The van der Waals surface area contributed by atoms with Gasteiger partial charge >= 0.3 is 0 Å².